The van der Waals surface area contributed by atoms with Crippen LogP contribution in [0.5, 0.6) is 0 Å². The van der Waals surface area contributed by atoms with E-state index in [1.165, 1.54) is 0 Å². The average molecular weight is 187 g/mol. The molecule has 13 heavy (non-hydrogen) atoms. The van der Waals surface area contributed by atoms with Gasteiger partial charge in [-0.3, -0.25) is 0 Å². The van der Waals surface area contributed by atoms with Crippen LogP contribution in [-0.4, -0.2) is 63.2 Å². The normalized spacial score (nSPS) is 12.9. The van der Waals surface area contributed by atoms with Crippen molar-refractivity contribution in [2.24, 2.45) is 0 Å². The Balaban J connectivity index is 3.62. The molecule has 0 unspecified atom stereocenters. The van der Waals surface area contributed by atoms with Gasteiger partial charge < -0.3 is 15.1 Å². The Kier molecular flexibility index (Phi) is 5.53. The summed E-state index contributed by atoms with van der Waals surface area (Å²) in [5.41, 5.74) is 0.208. The average Bonchev–Trinajstić information content (AvgIpc) is 1.81. The Morgan fingerprint density at radius 2 is 1.54 bits per heavy atom. The van der Waals surface area contributed by atoms with Crippen molar-refractivity contribution in [2.75, 3.05) is 47.8 Å². The highest BCUT2D eigenvalue weighted by atomic mass is 15.1. The quantitative estimate of drug-likeness (QED) is 0.652. The van der Waals surface area contributed by atoms with Crippen LogP contribution in [0.15, 0.2) is 0 Å². The SMILES string of the molecule is CN(C)CCNC(C)(C)CN(C)C. The lowest BCUT2D eigenvalue weighted by molar-refractivity contribution is 0.259. The molecule has 0 saturated heterocycles. The highest BCUT2D eigenvalue weighted by Gasteiger charge is 2.16. The number of hydrogen-bond donors (Lipinski definition) is 1. The molecule has 3 heteroatoms. The van der Waals surface area contributed by atoms with Crippen LogP contribution in [0.2, 0.25) is 0 Å². The number of nitrogens with one attached hydrogen (secondary N) is 1. The van der Waals surface area contributed by atoms with Gasteiger partial charge in [-0.05, 0) is 42.0 Å². The minimum Gasteiger partial charge on any atom is -0.309 e. The highest BCUT2D eigenvalue weighted by Crippen LogP contribution is 2.02. The summed E-state index contributed by atoms with van der Waals surface area (Å²) in [6, 6.07) is 0. The van der Waals surface area contributed by atoms with Crippen LogP contribution in [0.4, 0.5) is 0 Å². The number of hydrogen-bond acceptors (Lipinski definition) is 3. The molecule has 0 bridgehead atoms. The first-order valence-electron chi connectivity index (χ1n) is 4.88. The predicted octanol–water partition coefficient (Wildman–Crippen LogP) is 0.478. The van der Waals surface area contributed by atoms with Gasteiger partial charge in [0.05, 0.1) is 0 Å². The van der Waals surface area contributed by atoms with Gasteiger partial charge in [0.25, 0.3) is 0 Å². The molecule has 0 aliphatic heterocycles. The zero-order chi connectivity index (χ0) is 10.5. The third-order valence-corrected chi connectivity index (χ3v) is 1.87. The van der Waals surface area contributed by atoms with E-state index in [1.54, 1.807) is 0 Å². The molecule has 0 aromatic rings. The van der Waals surface area contributed by atoms with E-state index in [9.17, 15) is 0 Å². The first-order valence-corrected chi connectivity index (χ1v) is 4.88. The molecule has 0 fully saturated rings. The number of nitrogens with zero attached hydrogens (tertiary/aromatic N) is 2. The molecule has 0 aromatic carbocycles. The lowest BCUT2D eigenvalue weighted by Gasteiger charge is -2.30. The molecule has 0 aliphatic rings. The fourth-order valence-electron chi connectivity index (χ4n) is 1.46. The zero-order valence-corrected chi connectivity index (χ0v) is 10.0. The maximum Gasteiger partial charge on any atom is 0.0252 e. The van der Waals surface area contributed by atoms with Gasteiger partial charge in [0.2, 0.25) is 0 Å². The van der Waals surface area contributed by atoms with Gasteiger partial charge in [-0.1, -0.05) is 0 Å². The molecule has 0 aromatic heterocycles. The third kappa shape index (κ3) is 8.22. The van der Waals surface area contributed by atoms with Gasteiger partial charge in [0, 0.05) is 25.2 Å². The molecule has 1 N–H and O–H groups in total. The van der Waals surface area contributed by atoms with E-state index < -0.39 is 0 Å². The van der Waals surface area contributed by atoms with Gasteiger partial charge in [-0.15, -0.1) is 0 Å². The van der Waals surface area contributed by atoms with E-state index in [-0.39, 0.29) is 5.54 Å². The molecule has 0 aliphatic carbocycles. The second kappa shape index (κ2) is 5.58. The van der Waals surface area contributed by atoms with E-state index >= 15 is 0 Å². The summed E-state index contributed by atoms with van der Waals surface area (Å²) in [7, 11) is 8.41. The van der Waals surface area contributed by atoms with Gasteiger partial charge >= 0.3 is 0 Å². The topological polar surface area (TPSA) is 18.5 Å². The summed E-state index contributed by atoms with van der Waals surface area (Å²) in [6.45, 7) is 7.69. The summed E-state index contributed by atoms with van der Waals surface area (Å²) < 4.78 is 0. The van der Waals surface area contributed by atoms with Crippen molar-refractivity contribution in [3.05, 3.63) is 0 Å². The van der Waals surface area contributed by atoms with Crippen molar-refractivity contribution in [3.8, 4) is 0 Å². The second-order valence-electron chi connectivity index (χ2n) is 4.85. The van der Waals surface area contributed by atoms with Crippen LogP contribution >= 0.6 is 0 Å². The molecule has 0 amide bonds. The van der Waals surface area contributed by atoms with E-state index in [4.69, 9.17) is 0 Å². The van der Waals surface area contributed by atoms with Gasteiger partial charge in [-0.2, -0.15) is 0 Å². The largest absolute Gasteiger partial charge is 0.309 e. The van der Waals surface area contributed by atoms with Crippen LogP contribution in [0, 0.1) is 0 Å². The fourth-order valence-corrected chi connectivity index (χ4v) is 1.46. The Morgan fingerprint density at radius 1 is 1.00 bits per heavy atom. The van der Waals surface area contributed by atoms with Crippen molar-refractivity contribution >= 4 is 0 Å². The Hall–Kier alpha value is -0.120. The van der Waals surface area contributed by atoms with Gasteiger partial charge in [-0.25, -0.2) is 0 Å². The Labute approximate surface area is 83.1 Å². The lowest BCUT2D eigenvalue weighted by atomic mass is 10.1. The molecule has 3 nitrogen and oxygen atoms in total. The first kappa shape index (κ1) is 12.9. The van der Waals surface area contributed by atoms with Crippen LogP contribution in [-0.2, 0) is 0 Å². The molecule has 80 valence electrons. The standard InChI is InChI=1S/C10H25N3/c1-10(2,9-13(5)6)11-7-8-12(3)4/h11H,7-9H2,1-6H3. The van der Waals surface area contributed by atoms with Crippen molar-refractivity contribution in [3.63, 3.8) is 0 Å². The smallest absolute Gasteiger partial charge is 0.0252 e. The van der Waals surface area contributed by atoms with Crippen LogP contribution in [0.1, 0.15) is 13.8 Å². The summed E-state index contributed by atoms with van der Waals surface area (Å²) >= 11 is 0. The number of rotatable bonds is 6. The summed E-state index contributed by atoms with van der Waals surface area (Å²) in [6.07, 6.45) is 0. The van der Waals surface area contributed by atoms with E-state index in [1.807, 2.05) is 0 Å². The van der Waals surface area contributed by atoms with Gasteiger partial charge in [0.15, 0.2) is 0 Å². The summed E-state index contributed by atoms with van der Waals surface area (Å²) in [5.74, 6) is 0. The minimum absolute atomic E-state index is 0.208. The molecule has 0 heterocycles. The molecule has 0 rings (SSSR count). The zero-order valence-electron chi connectivity index (χ0n) is 10.0. The molecular formula is C10H25N3. The first-order chi connectivity index (χ1) is 5.83. The van der Waals surface area contributed by atoms with Crippen LogP contribution < -0.4 is 5.32 Å². The van der Waals surface area contributed by atoms with E-state index in [0.29, 0.717) is 0 Å². The van der Waals surface area contributed by atoms with Crippen LogP contribution in [0.3, 0.4) is 0 Å². The molecule has 0 saturated carbocycles. The minimum atomic E-state index is 0.208. The summed E-state index contributed by atoms with van der Waals surface area (Å²) in [4.78, 5) is 4.40. The Morgan fingerprint density at radius 3 is 1.92 bits per heavy atom. The van der Waals surface area contributed by atoms with Crippen molar-refractivity contribution in [1.29, 1.82) is 0 Å². The van der Waals surface area contributed by atoms with Crippen molar-refractivity contribution < 1.29 is 0 Å². The number of likely N-dealkylation sites (N-methyl/N-ethyl adjacent to an activating group) is 2. The second-order valence-corrected chi connectivity index (χ2v) is 4.85. The molecule has 0 radical (unpaired) electrons. The highest BCUT2D eigenvalue weighted by molar-refractivity contribution is 4.79. The third-order valence-electron chi connectivity index (χ3n) is 1.87. The fraction of sp³-hybridized carbons (Fsp3) is 1.00. The molecule has 0 atom stereocenters. The Bertz CT molecular complexity index is 130. The van der Waals surface area contributed by atoms with Crippen LogP contribution in [0.25, 0.3) is 0 Å². The maximum atomic E-state index is 3.54. The molecule has 0 spiro atoms. The van der Waals surface area contributed by atoms with Crippen molar-refractivity contribution in [1.82, 2.24) is 15.1 Å². The lowest BCUT2D eigenvalue weighted by Crippen LogP contribution is -2.49. The summed E-state index contributed by atoms with van der Waals surface area (Å²) in [5, 5.41) is 3.54. The van der Waals surface area contributed by atoms with Crippen molar-refractivity contribution in [2.45, 2.75) is 19.4 Å². The molecular weight excluding hydrogens is 162 g/mol. The van der Waals surface area contributed by atoms with E-state index in [0.717, 1.165) is 19.6 Å². The predicted molar refractivity (Wildman–Crippen MR) is 59.2 cm³/mol. The van der Waals surface area contributed by atoms with E-state index in [2.05, 4.69) is 57.2 Å². The maximum absolute atomic E-state index is 3.54. The monoisotopic (exact) mass is 187 g/mol. The van der Waals surface area contributed by atoms with Gasteiger partial charge in [0.1, 0.15) is 0 Å².